The van der Waals surface area contributed by atoms with Gasteiger partial charge in [0.15, 0.2) is 12.6 Å². The van der Waals surface area contributed by atoms with Crippen LogP contribution < -0.4 is 18.9 Å². The van der Waals surface area contributed by atoms with E-state index >= 15 is 0 Å². The van der Waals surface area contributed by atoms with E-state index in [0.717, 1.165) is 51.7 Å². The van der Waals surface area contributed by atoms with Gasteiger partial charge in [-0.05, 0) is 123 Å². The number of benzene rings is 4. The number of hydrogen-bond donors (Lipinski definition) is 0. The maximum Gasteiger partial charge on any atom is 0.206 e. The average molecular weight is 603 g/mol. The summed E-state index contributed by atoms with van der Waals surface area (Å²) in [5, 5.41) is 0. The minimum Gasteiger partial charge on any atom is -0.465 e. The van der Waals surface area contributed by atoms with Crippen molar-refractivity contribution < 1.29 is 36.8 Å². The summed E-state index contributed by atoms with van der Waals surface area (Å²) in [4.78, 5) is 0.338. The SMILES string of the molecule is O=S(=O)(c1ccc(Oc2ccc(OC3CCCCO3)cc2)cc1)c1ccc(Oc2ccc(OC3CCCCO3)cc2)cc1. The lowest BCUT2D eigenvalue weighted by Gasteiger charge is -2.23. The zero-order valence-electron chi connectivity index (χ0n) is 23.7. The minimum atomic E-state index is -3.73. The van der Waals surface area contributed by atoms with Gasteiger partial charge in [0.1, 0.15) is 34.5 Å². The van der Waals surface area contributed by atoms with Crippen molar-refractivity contribution >= 4 is 9.84 Å². The highest BCUT2D eigenvalue weighted by Crippen LogP contribution is 2.30. The Balaban J connectivity index is 1.03. The fourth-order valence-electron chi connectivity index (χ4n) is 4.87. The molecule has 0 N–H and O–H groups in total. The van der Waals surface area contributed by atoms with Gasteiger partial charge < -0.3 is 28.4 Å². The number of sulfone groups is 1. The Kier molecular flexibility index (Phi) is 9.12. The second-order valence-electron chi connectivity index (χ2n) is 10.4. The Hall–Kier alpha value is -4.05. The summed E-state index contributed by atoms with van der Waals surface area (Å²) in [6.07, 6.45) is 5.67. The second kappa shape index (κ2) is 13.5. The van der Waals surface area contributed by atoms with Crippen LogP contribution in [-0.4, -0.2) is 34.2 Å². The first-order chi connectivity index (χ1) is 21.0. The van der Waals surface area contributed by atoms with Gasteiger partial charge in [0.05, 0.1) is 23.0 Å². The smallest absolute Gasteiger partial charge is 0.206 e. The Bertz CT molecular complexity index is 1440. The molecule has 0 aromatic heterocycles. The van der Waals surface area contributed by atoms with Crippen LogP contribution in [0.15, 0.2) is 107 Å². The molecule has 2 aliphatic rings. The van der Waals surface area contributed by atoms with E-state index in [1.807, 2.05) is 24.3 Å². The maximum atomic E-state index is 13.2. The monoisotopic (exact) mass is 602 g/mol. The number of ether oxygens (including phenoxy) is 6. The molecule has 224 valence electrons. The van der Waals surface area contributed by atoms with Gasteiger partial charge >= 0.3 is 0 Å². The van der Waals surface area contributed by atoms with Crippen LogP contribution in [-0.2, 0) is 19.3 Å². The number of hydrogen-bond acceptors (Lipinski definition) is 8. The van der Waals surface area contributed by atoms with Gasteiger partial charge in [-0.1, -0.05) is 0 Å². The molecule has 4 aromatic rings. The first kappa shape index (κ1) is 29.0. The normalized spacial score (nSPS) is 18.9. The fraction of sp³-hybridized carbons (Fsp3) is 0.294. The molecule has 9 heteroatoms. The van der Waals surface area contributed by atoms with Crippen molar-refractivity contribution in [1.29, 1.82) is 0 Å². The lowest BCUT2D eigenvalue weighted by molar-refractivity contribution is -0.106. The van der Waals surface area contributed by atoms with Crippen LogP contribution in [0, 0.1) is 0 Å². The van der Waals surface area contributed by atoms with Gasteiger partial charge in [0.2, 0.25) is 9.84 Å². The molecule has 0 saturated carbocycles. The summed E-state index contributed by atoms with van der Waals surface area (Å²) in [5.41, 5.74) is 0. The molecule has 2 fully saturated rings. The van der Waals surface area contributed by atoms with Gasteiger partial charge in [-0.3, -0.25) is 0 Å². The van der Waals surface area contributed by atoms with Gasteiger partial charge in [-0.25, -0.2) is 8.42 Å². The van der Waals surface area contributed by atoms with Gasteiger partial charge in [-0.15, -0.1) is 0 Å². The predicted octanol–water partition coefficient (Wildman–Crippen LogP) is 7.91. The second-order valence-corrected chi connectivity index (χ2v) is 12.4. The zero-order chi connectivity index (χ0) is 29.5. The topological polar surface area (TPSA) is 89.5 Å². The van der Waals surface area contributed by atoms with Gasteiger partial charge in [-0.2, -0.15) is 0 Å². The van der Waals surface area contributed by atoms with E-state index in [0.29, 0.717) is 34.5 Å². The molecule has 2 aliphatic heterocycles. The molecular weight excluding hydrogens is 568 g/mol. The lowest BCUT2D eigenvalue weighted by Crippen LogP contribution is -2.24. The quantitative estimate of drug-likeness (QED) is 0.181. The summed E-state index contributed by atoms with van der Waals surface area (Å²) in [6, 6.07) is 27.2. The van der Waals surface area contributed by atoms with Crippen LogP contribution in [0.1, 0.15) is 38.5 Å². The van der Waals surface area contributed by atoms with Crippen molar-refractivity contribution in [2.75, 3.05) is 13.2 Å². The van der Waals surface area contributed by atoms with Crippen LogP contribution in [0.25, 0.3) is 0 Å². The van der Waals surface area contributed by atoms with Crippen molar-refractivity contribution in [3.8, 4) is 34.5 Å². The Labute approximate surface area is 252 Å². The van der Waals surface area contributed by atoms with E-state index in [4.69, 9.17) is 28.4 Å². The van der Waals surface area contributed by atoms with Crippen LogP contribution in [0.4, 0.5) is 0 Å². The third-order valence-electron chi connectivity index (χ3n) is 7.20. The molecule has 8 nitrogen and oxygen atoms in total. The van der Waals surface area contributed by atoms with E-state index in [1.165, 1.54) is 24.3 Å². The molecule has 0 spiro atoms. The van der Waals surface area contributed by atoms with Crippen LogP contribution in [0.3, 0.4) is 0 Å². The molecule has 6 rings (SSSR count). The van der Waals surface area contributed by atoms with Crippen LogP contribution in [0.5, 0.6) is 34.5 Å². The Morgan fingerprint density at radius 1 is 0.465 bits per heavy atom. The first-order valence-electron chi connectivity index (χ1n) is 14.6. The summed E-state index contributed by atoms with van der Waals surface area (Å²) >= 11 is 0. The molecule has 4 aromatic carbocycles. The van der Waals surface area contributed by atoms with Crippen molar-refractivity contribution in [2.45, 2.75) is 60.9 Å². The zero-order valence-corrected chi connectivity index (χ0v) is 24.5. The van der Waals surface area contributed by atoms with Crippen molar-refractivity contribution in [3.05, 3.63) is 97.1 Å². The number of rotatable bonds is 10. The molecule has 0 amide bonds. The van der Waals surface area contributed by atoms with Crippen LogP contribution in [0.2, 0.25) is 0 Å². The summed E-state index contributed by atoms with van der Waals surface area (Å²) < 4.78 is 61.2. The molecule has 0 radical (unpaired) electrons. The fourth-order valence-corrected chi connectivity index (χ4v) is 6.13. The third-order valence-corrected chi connectivity index (χ3v) is 8.98. The largest absolute Gasteiger partial charge is 0.465 e. The van der Waals surface area contributed by atoms with Crippen molar-refractivity contribution in [2.24, 2.45) is 0 Å². The van der Waals surface area contributed by atoms with E-state index in [2.05, 4.69) is 0 Å². The highest BCUT2D eigenvalue weighted by Gasteiger charge is 2.19. The van der Waals surface area contributed by atoms with Crippen LogP contribution >= 0.6 is 0 Å². The summed E-state index contributed by atoms with van der Waals surface area (Å²) in [5.74, 6) is 3.70. The van der Waals surface area contributed by atoms with E-state index < -0.39 is 9.84 Å². The molecule has 2 atom stereocenters. The third kappa shape index (κ3) is 7.67. The molecule has 0 bridgehead atoms. The molecule has 2 saturated heterocycles. The minimum absolute atomic E-state index is 0.169. The highest BCUT2D eigenvalue weighted by molar-refractivity contribution is 7.91. The van der Waals surface area contributed by atoms with E-state index in [1.54, 1.807) is 48.5 Å². The maximum absolute atomic E-state index is 13.2. The molecule has 0 aliphatic carbocycles. The molecule has 43 heavy (non-hydrogen) atoms. The molecule has 2 heterocycles. The summed E-state index contributed by atoms with van der Waals surface area (Å²) in [6.45, 7) is 1.44. The highest BCUT2D eigenvalue weighted by atomic mass is 32.2. The Morgan fingerprint density at radius 3 is 1.12 bits per heavy atom. The lowest BCUT2D eigenvalue weighted by atomic mass is 10.2. The standard InChI is InChI=1S/C34H34O8S/c35-43(36,31-19-15-27(16-20-31)39-25-7-11-29(12-8-25)41-33-5-1-3-23-37-33)32-21-17-28(18-22-32)40-26-9-13-30(14-10-26)42-34-6-2-4-24-38-34/h7-22,33-34H,1-6,23-24H2. The van der Waals surface area contributed by atoms with Crippen molar-refractivity contribution in [3.63, 3.8) is 0 Å². The Morgan fingerprint density at radius 2 is 0.791 bits per heavy atom. The molecular formula is C34H34O8S. The predicted molar refractivity (Wildman–Crippen MR) is 160 cm³/mol. The summed E-state index contributed by atoms with van der Waals surface area (Å²) in [7, 11) is -3.73. The average Bonchev–Trinajstić information content (AvgIpc) is 3.04. The van der Waals surface area contributed by atoms with E-state index in [-0.39, 0.29) is 22.4 Å². The first-order valence-corrected chi connectivity index (χ1v) is 16.1. The van der Waals surface area contributed by atoms with E-state index in [9.17, 15) is 8.42 Å². The van der Waals surface area contributed by atoms with Gasteiger partial charge in [0, 0.05) is 12.8 Å². The van der Waals surface area contributed by atoms with Gasteiger partial charge in [0.25, 0.3) is 0 Å². The molecule has 2 unspecified atom stereocenters. The van der Waals surface area contributed by atoms with Crippen molar-refractivity contribution in [1.82, 2.24) is 0 Å².